The maximum atomic E-state index is 9.09. The van der Waals surface area contributed by atoms with Crippen LogP contribution in [0.25, 0.3) is 0 Å². The smallest absolute Gasteiger partial charge is 0.0540 e. The Bertz CT molecular complexity index is 276. The Morgan fingerprint density at radius 2 is 1.59 bits per heavy atom. The Hall–Kier alpha value is -0.860. The summed E-state index contributed by atoms with van der Waals surface area (Å²) >= 11 is 0. The van der Waals surface area contributed by atoms with Crippen LogP contribution >= 0.6 is 0 Å². The second-order valence-corrected chi connectivity index (χ2v) is 4.84. The third-order valence-corrected chi connectivity index (χ3v) is 3.15. The van der Waals surface area contributed by atoms with Crippen LogP contribution < -0.4 is 5.73 Å². The highest BCUT2D eigenvalue weighted by atomic mass is 16.3. The van der Waals surface area contributed by atoms with E-state index in [2.05, 4.69) is 0 Å². The average molecular weight is 235 g/mol. The molecule has 0 bridgehead atoms. The van der Waals surface area contributed by atoms with Gasteiger partial charge in [-0.15, -0.1) is 0 Å². The largest absolute Gasteiger partial charge is 0.393 e. The zero-order valence-corrected chi connectivity index (χ0v) is 10.8. The molecule has 0 heterocycles. The fourth-order valence-corrected chi connectivity index (χ4v) is 2.01. The zero-order chi connectivity index (χ0) is 12.5. The van der Waals surface area contributed by atoms with E-state index < -0.39 is 0 Å². The second kappa shape index (κ2) is 8.26. The lowest BCUT2D eigenvalue weighted by molar-refractivity contribution is 0.157. The molecule has 1 fully saturated rings. The molecule has 0 aliphatic heterocycles. The van der Waals surface area contributed by atoms with Crippen molar-refractivity contribution in [2.75, 3.05) is 0 Å². The molecule has 3 N–H and O–H groups in total. The van der Waals surface area contributed by atoms with Gasteiger partial charge in [0.15, 0.2) is 0 Å². The predicted octanol–water partition coefficient (Wildman–Crippen LogP) is 3.41. The van der Waals surface area contributed by atoms with E-state index in [1.54, 1.807) is 0 Å². The van der Waals surface area contributed by atoms with Crippen LogP contribution in [0, 0.1) is 0 Å². The maximum Gasteiger partial charge on any atom is 0.0540 e. The van der Waals surface area contributed by atoms with Crippen LogP contribution in [0.2, 0.25) is 0 Å². The van der Waals surface area contributed by atoms with Crippen molar-refractivity contribution in [3.63, 3.8) is 0 Å². The highest BCUT2D eigenvalue weighted by molar-refractivity contribution is 5.17. The molecule has 0 spiro atoms. The lowest BCUT2D eigenvalue weighted by atomic mass is 10.1. The van der Waals surface area contributed by atoms with Gasteiger partial charge in [0.05, 0.1) is 6.10 Å². The van der Waals surface area contributed by atoms with E-state index in [1.165, 1.54) is 31.2 Å². The van der Waals surface area contributed by atoms with E-state index in [4.69, 9.17) is 10.8 Å². The summed E-state index contributed by atoms with van der Waals surface area (Å²) in [4.78, 5) is 0. The van der Waals surface area contributed by atoms with Crippen molar-refractivity contribution < 1.29 is 5.11 Å². The quantitative estimate of drug-likeness (QED) is 0.733. The van der Waals surface area contributed by atoms with Crippen LogP contribution in [-0.2, 0) is 0 Å². The monoisotopic (exact) mass is 235 g/mol. The summed E-state index contributed by atoms with van der Waals surface area (Å²) in [7, 11) is 0. The van der Waals surface area contributed by atoms with Crippen LogP contribution in [0.15, 0.2) is 30.3 Å². The Kier molecular flexibility index (Phi) is 6.90. The molecule has 1 saturated carbocycles. The van der Waals surface area contributed by atoms with Gasteiger partial charge in [-0.3, -0.25) is 0 Å². The van der Waals surface area contributed by atoms with Gasteiger partial charge in [0.25, 0.3) is 0 Å². The van der Waals surface area contributed by atoms with Crippen molar-refractivity contribution in [3.8, 4) is 0 Å². The van der Waals surface area contributed by atoms with Gasteiger partial charge in [0.2, 0.25) is 0 Å². The molecular weight excluding hydrogens is 210 g/mol. The molecule has 2 nitrogen and oxygen atoms in total. The summed E-state index contributed by atoms with van der Waals surface area (Å²) in [6.45, 7) is 1.98. The molecule has 0 unspecified atom stereocenters. The Labute approximate surface area is 105 Å². The van der Waals surface area contributed by atoms with E-state index in [0.717, 1.165) is 12.8 Å². The van der Waals surface area contributed by atoms with E-state index in [-0.39, 0.29) is 12.1 Å². The minimum Gasteiger partial charge on any atom is -0.393 e. The molecule has 1 aromatic carbocycles. The number of benzene rings is 1. The third-order valence-electron chi connectivity index (χ3n) is 3.15. The van der Waals surface area contributed by atoms with Gasteiger partial charge in [-0.2, -0.15) is 0 Å². The first-order valence-corrected chi connectivity index (χ1v) is 6.68. The number of rotatable bonds is 1. The molecule has 0 amide bonds. The van der Waals surface area contributed by atoms with Crippen molar-refractivity contribution in [2.45, 2.75) is 57.6 Å². The van der Waals surface area contributed by atoms with Gasteiger partial charge in [-0.05, 0) is 25.3 Å². The lowest BCUT2D eigenvalue weighted by Gasteiger charge is -2.02. The number of nitrogens with two attached hydrogens (primary N) is 1. The van der Waals surface area contributed by atoms with Crippen LogP contribution in [0.3, 0.4) is 0 Å². The minimum atomic E-state index is 0.0255. The standard InChI is InChI=1S/C8H11N.C7H14O/c1-7(9)8-5-3-2-4-6-8;8-7-5-3-1-2-4-6-7/h2-7H,9H2,1H3;7-8H,1-6H2/t7-;/m0./s1. The van der Waals surface area contributed by atoms with Gasteiger partial charge >= 0.3 is 0 Å². The maximum absolute atomic E-state index is 9.09. The number of hydrogen-bond acceptors (Lipinski definition) is 2. The van der Waals surface area contributed by atoms with E-state index >= 15 is 0 Å². The molecule has 0 aromatic heterocycles. The van der Waals surface area contributed by atoms with Gasteiger partial charge < -0.3 is 10.8 Å². The van der Waals surface area contributed by atoms with Gasteiger partial charge in [-0.25, -0.2) is 0 Å². The highest BCUT2D eigenvalue weighted by Gasteiger charge is 2.06. The van der Waals surface area contributed by atoms with Crippen LogP contribution in [0.5, 0.6) is 0 Å². The molecule has 17 heavy (non-hydrogen) atoms. The van der Waals surface area contributed by atoms with Gasteiger partial charge in [0.1, 0.15) is 0 Å². The van der Waals surface area contributed by atoms with Crippen molar-refractivity contribution in [1.82, 2.24) is 0 Å². The molecule has 1 aromatic rings. The summed E-state index contributed by atoms with van der Waals surface area (Å²) in [5.74, 6) is 0. The predicted molar refractivity (Wildman–Crippen MR) is 72.8 cm³/mol. The minimum absolute atomic E-state index is 0.0255. The molecule has 1 aliphatic carbocycles. The molecule has 1 aliphatic rings. The number of aliphatic hydroxyl groups is 1. The first-order valence-electron chi connectivity index (χ1n) is 6.68. The molecule has 0 saturated heterocycles. The summed E-state index contributed by atoms with van der Waals surface area (Å²) in [6.07, 6.45) is 7.24. The highest BCUT2D eigenvalue weighted by Crippen LogP contribution is 2.16. The molecule has 2 rings (SSSR count). The van der Waals surface area contributed by atoms with Gasteiger partial charge in [-0.1, -0.05) is 56.0 Å². The molecule has 1 atom stereocenters. The molecule has 2 heteroatoms. The Morgan fingerprint density at radius 1 is 1.06 bits per heavy atom. The second-order valence-electron chi connectivity index (χ2n) is 4.84. The Morgan fingerprint density at radius 3 is 2.00 bits per heavy atom. The summed E-state index contributed by atoms with van der Waals surface area (Å²) < 4.78 is 0. The number of hydrogen-bond donors (Lipinski definition) is 2. The topological polar surface area (TPSA) is 46.2 Å². The zero-order valence-electron chi connectivity index (χ0n) is 10.8. The van der Waals surface area contributed by atoms with E-state index in [9.17, 15) is 0 Å². The number of aliphatic hydroxyl groups excluding tert-OH is 1. The first-order chi connectivity index (χ1) is 8.20. The normalized spacial score (nSPS) is 18.8. The summed E-state index contributed by atoms with van der Waals surface area (Å²) in [6, 6.07) is 10.2. The van der Waals surface area contributed by atoms with E-state index in [0.29, 0.717) is 0 Å². The van der Waals surface area contributed by atoms with Crippen molar-refractivity contribution in [2.24, 2.45) is 5.73 Å². The SMILES string of the molecule is C[C@H](N)c1ccccc1.OC1CCCCCC1. The lowest BCUT2D eigenvalue weighted by Crippen LogP contribution is -2.03. The van der Waals surface area contributed by atoms with Crippen LogP contribution in [-0.4, -0.2) is 11.2 Å². The fourth-order valence-electron chi connectivity index (χ4n) is 2.01. The summed E-state index contributed by atoms with van der Waals surface area (Å²) in [5.41, 5.74) is 6.81. The fraction of sp³-hybridized carbons (Fsp3) is 0.600. The molecule has 96 valence electrons. The van der Waals surface area contributed by atoms with E-state index in [1.807, 2.05) is 37.3 Å². The van der Waals surface area contributed by atoms with Crippen molar-refractivity contribution in [1.29, 1.82) is 0 Å². The van der Waals surface area contributed by atoms with Gasteiger partial charge in [0, 0.05) is 6.04 Å². The Balaban J connectivity index is 0.000000171. The van der Waals surface area contributed by atoms with Crippen LogP contribution in [0.4, 0.5) is 0 Å². The van der Waals surface area contributed by atoms with Crippen LogP contribution in [0.1, 0.15) is 57.1 Å². The summed E-state index contributed by atoms with van der Waals surface area (Å²) in [5, 5.41) is 9.09. The first kappa shape index (κ1) is 14.2. The van der Waals surface area contributed by atoms with Crippen molar-refractivity contribution in [3.05, 3.63) is 35.9 Å². The average Bonchev–Trinajstić information content (AvgIpc) is 2.59. The molecule has 0 radical (unpaired) electrons. The van der Waals surface area contributed by atoms with Crippen molar-refractivity contribution >= 4 is 0 Å². The molecular formula is C15H25NO. The third kappa shape index (κ3) is 6.44.